The molecule has 17 heavy (non-hydrogen) atoms. The van der Waals surface area contributed by atoms with E-state index >= 15 is 0 Å². The molecule has 0 fully saturated rings. The first kappa shape index (κ1) is 14.4. The zero-order valence-corrected chi connectivity index (χ0v) is 12.3. The first-order valence-electron chi connectivity index (χ1n) is 5.55. The predicted molar refractivity (Wildman–Crippen MR) is 79.6 cm³/mol. The molecule has 1 atom stereocenters. The highest BCUT2D eigenvalue weighted by atomic mass is 35.5. The second kappa shape index (κ2) is 5.78. The molecule has 1 aliphatic rings. The number of halogens is 1. The van der Waals surface area contributed by atoms with Crippen molar-refractivity contribution >= 4 is 29.3 Å². The maximum atomic E-state index is 4.70. The average molecular weight is 271 g/mol. The fraction of sp³-hybridized carbons (Fsp3) is 0.462. The topological polar surface area (TPSA) is 24.4 Å². The predicted octanol–water partition coefficient (Wildman–Crippen LogP) is 3.40. The van der Waals surface area contributed by atoms with Gasteiger partial charge in [-0.3, -0.25) is 4.99 Å². The van der Waals surface area contributed by atoms with E-state index in [-0.39, 0.29) is 12.4 Å². The Kier molecular flexibility index (Phi) is 4.90. The highest BCUT2D eigenvalue weighted by molar-refractivity contribution is 8.13. The van der Waals surface area contributed by atoms with Crippen molar-refractivity contribution in [3.05, 3.63) is 34.4 Å². The first-order valence-corrected chi connectivity index (χ1v) is 6.77. The lowest BCUT2D eigenvalue weighted by molar-refractivity contribution is 0.740. The third-order valence-corrected chi connectivity index (χ3v) is 3.62. The van der Waals surface area contributed by atoms with Crippen LogP contribution in [0.15, 0.2) is 17.1 Å². The van der Waals surface area contributed by atoms with Crippen molar-refractivity contribution in [3.8, 4) is 0 Å². The maximum absolute atomic E-state index is 4.70. The van der Waals surface area contributed by atoms with Crippen LogP contribution >= 0.6 is 24.2 Å². The van der Waals surface area contributed by atoms with Crippen LogP contribution in [0, 0.1) is 20.8 Å². The number of thioether (sulfide) groups is 1. The Balaban J connectivity index is 0.00000144. The van der Waals surface area contributed by atoms with Crippen LogP contribution in [0.2, 0.25) is 0 Å². The first-order chi connectivity index (χ1) is 7.61. The number of benzene rings is 1. The van der Waals surface area contributed by atoms with E-state index in [2.05, 4.69) is 44.5 Å². The van der Waals surface area contributed by atoms with E-state index in [9.17, 15) is 0 Å². The van der Waals surface area contributed by atoms with Crippen LogP contribution in [0.4, 0.5) is 0 Å². The van der Waals surface area contributed by atoms with Gasteiger partial charge in [-0.25, -0.2) is 0 Å². The number of hydrogen-bond acceptors (Lipinski definition) is 3. The molecule has 0 aromatic heterocycles. The van der Waals surface area contributed by atoms with E-state index in [4.69, 9.17) is 4.99 Å². The summed E-state index contributed by atoms with van der Waals surface area (Å²) in [5, 5.41) is 4.40. The van der Waals surface area contributed by atoms with E-state index in [1.165, 1.54) is 22.3 Å². The molecule has 0 radical (unpaired) electrons. The van der Waals surface area contributed by atoms with Crippen molar-refractivity contribution in [3.63, 3.8) is 0 Å². The molecule has 1 N–H and O–H groups in total. The number of aliphatic imine (C=N–C) groups is 1. The molecule has 0 saturated carbocycles. The van der Waals surface area contributed by atoms with Crippen LogP contribution in [0.1, 0.15) is 28.3 Å². The summed E-state index contributed by atoms with van der Waals surface area (Å²) in [5.41, 5.74) is 5.44. The van der Waals surface area contributed by atoms with Gasteiger partial charge in [0.2, 0.25) is 0 Å². The lowest BCUT2D eigenvalue weighted by Gasteiger charge is -2.14. The number of aryl methyl sites for hydroxylation is 3. The smallest absolute Gasteiger partial charge is 0.157 e. The molecule has 0 spiro atoms. The summed E-state index contributed by atoms with van der Waals surface area (Å²) in [5.74, 6) is 0. The minimum Gasteiger partial charge on any atom is -0.362 e. The molecule has 0 bridgehead atoms. The van der Waals surface area contributed by atoms with Crippen LogP contribution < -0.4 is 5.32 Å². The van der Waals surface area contributed by atoms with Gasteiger partial charge in [-0.2, -0.15) is 0 Å². The average Bonchev–Trinajstić information content (AvgIpc) is 2.64. The SMILES string of the molecule is CSC1=NC(c2c(C)cc(C)cc2C)CN1.Cl. The molecular formula is C13H19ClN2S. The molecule has 1 heterocycles. The van der Waals surface area contributed by atoms with E-state index < -0.39 is 0 Å². The molecule has 94 valence electrons. The van der Waals surface area contributed by atoms with Crippen molar-refractivity contribution in [1.29, 1.82) is 0 Å². The van der Waals surface area contributed by atoms with Gasteiger partial charge in [-0.05, 0) is 43.7 Å². The summed E-state index contributed by atoms with van der Waals surface area (Å²) in [6.45, 7) is 7.44. The Bertz CT molecular complexity index is 420. The zero-order chi connectivity index (χ0) is 11.7. The van der Waals surface area contributed by atoms with Crippen LogP contribution in [0.3, 0.4) is 0 Å². The second-order valence-electron chi connectivity index (χ2n) is 4.35. The monoisotopic (exact) mass is 270 g/mol. The molecule has 2 rings (SSSR count). The van der Waals surface area contributed by atoms with E-state index in [1.54, 1.807) is 11.8 Å². The maximum Gasteiger partial charge on any atom is 0.157 e. The third-order valence-electron chi connectivity index (χ3n) is 2.98. The fourth-order valence-corrected chi connectivity index (χ4v) is 2.89. The van der Waals surface area contributed by atoms with Gasteiger partial charge < -0.3 is 5.32 Å². The Labute approximate surface area is 114 Å². The quantitative estimate of drug-likeness (QED) is 0.846. The second-order valence-corrected chi connectivity index (χ2v) is 5.14. The number of rotatable bonds is 1. The van der Waals surface area contributed by atoms with Gasteiger partial charge in [0, 0.05) is 6.54 Å². The molecule has 4 heteroatoms. The largest absolute Gasteiger partial charge is 0.362 e. The summed E-state index contributed by atoms with van der Waals surface area (Å²) in [4.78, 5) is 4.70. The number of nitrogens with zero attached hydrogens (tertiary/aromatic N) is 1. The normalized spacial score (nSPS) is 18.4. The summed E-state index contributed by atoms with van der Waals surface area (Å²) in [6.07, 6.45) is 2.06. The van der Waals surface area contributed by atoms with Gasteiger partial charge in [-0.15, -0.1) is 12.4 Å². The van der Waals surface area contributed by atoms with Crippen LogP contribution in [-0.4, -0.2) is 18.0 Å². The molecule has 1 aromatic carbocycles. The molecule has 0 saturated heterocycles. The third kappa shape index (κ3) is 2.96. The Hall–Kier alpha value is -0.670. The summed E-state index contributed by atoms with van der Waals surface area (Å²) in [6, 6.07) is 4.78. The zero-order valence-electron chi connectivity index (χ0n) is 10.7. The molecular weight excluding hydrogens is 252 g/mol. The van der Waals surface area contributed by atoms with Crippen LogP contribution in [0.5, 0.6) is 0 Å². The van der Waals surface area contributed by atoms with Gasteiger partial charge >= 0.3 is 0 Å². The number of hydrogen-bond donors (Lipinski definition) is 1. The minimum atomic E-state index is 0. The van der Waals surface area contributed by atoms with E-state index in [0.717, 1.165) is 11.7 Å². The van der Waals surface area contributed by atoms with Crippen molar-refractivity contribution in [2.45, 2.75) is 26.8 Å². The van der Waals surface area contributed by atoms with Crippen LogP contribution in [-0.2, 0) is 0 Å². The molecule has 0 amide bonds. The summed E-state index contributed by atoms with van der Waals surface area (Å²) < 4.78 is 0. The molecule has 2 nitrogen and oxygen atoms in total. The summed E-state index contributed by atoms with van der Waals surface area (Å²) in [7, 11) is 0. The van der Waals surface area contributed by atoms with Crippen LogP contribution in [0.25, 0.3) is 0 Å². The van der Waals surface area contributed by atoms with Gasteiger partial charge in [0.25, 0.3) is 0 Å². The Morgan fingerprint density at radius 2 is 1.82 bits per heavy atom. The number of amidine groups is 1. The van der Waals surface area contributed by atoms with Gasteiger partial charge in [0.1, 0.15) is 0 Å². The highest BCUT2D eigenvalue weighted by Gasteiger charge is 2.21. The van der Waals surface area contributed by atoms with Gasteiger partial charge in [0.05, 0.1) is 6.04 Å². The van der Waals surface area contributed by atoms with Crippen molar-refractivity contribution in [2.24, 2.45) is 4.99 Å². The number of nitrogens with one attached hydrogen (secondary N) is 1. The van der Waals surface area contributed by atoms with Crippen molar-refractivity contribution in [2.75, 3.05) is 12.8 Å². The Morgan fingerprint density at radius 3 is 2.29 bits per heavy atom. The standard InChI is InChI=1S/C13H18N2S.ClH/c1-8-5-9(2)12(10(3)6-8)11-7-14-13(15-11)16-4;/h5-6,11H,7H2,1-4H3,(H,14,15);1H. The molecule has 1 unspecified atom stereocenters. The van der Waals surface area contributed by atoms with Gasteiger partial charge in [0.15, 0.2) is 5.17 Å². The fourth-order valence-electron chi connectivity index (χ4n) is 2.43. The highest BCUT2D eigenvalue weighted by Crippen LogP contribution is 2.28. The lowest BCUT2D eigenvalue weighted by atomic mass is 9.94. The van der Waals surface area contributed by atoms with Crippen molar-refractivity contribution in [1.82, 2.24) is 5.32 Å². The molecule has 0 aliphatic carbocycles. The van der Waals surface area contributed by atoms with E-state index in [0.29, 0.717) is 6.04 Å². The Morgan fingerprint density at radius 1 is 1.24 bits per heavy atom. The minimum absolute atomic E-state index is 0. The van der Waals surface area contributed by atoms with Gasteiger partial charge in [-0.1, -0.05) is 29.5 Å². The molecule has 1 aromatic rings. The van der Waals surface area contributed by atoms with Crippen molar-refractivity contribution < 1.29 is 0 Å². The summed E-state index contributed by atoms with van der Waals surface area (Å²) >= 11 is 1.68. The molecule has 1 aliphatic heterocycles. The lowest BCUT2D eigenvalue weighted by Crippen LogP contribution is -2.16. The van der Waals surface area contributed by atoms with E-state index in [1.807, 2.05) is 0 Å².